The Labute approximate surface area is 84.2 Å². The molecule has 0 heterocycles. The van der Waals surface area contributed by atoms with Gasteiger partial charge >= 0.3 is 5.97 Å². The molecule has 0 aromatic rings. The molecule has 1 atom stereocenters. The van der Waals surface area contributed by atoms with E-state index in [9.17, 15) is 4.79 Å². The summed E-state index contributed by atoms with van der Waals surface area (Å²) >= 11 is 0. The Bertz CT molecular complexity index is 157. The lowest BCUT2D eigenvalue weighted by molar-refractivity contribution is -0.151. The summed E-state index contributed by atoms with van der Waals surface area (Å²) in [5.41, 5.74) is 5.73. The molecule has 0 fully saturated rings. The van der Waals surface area contributed by atoms with E-state index in [1.54, 1.807) is 0 Å². The number of hydrogen-bond acceptors (Lipinski definition) is 4. The van der Waals surface area contributed by atoms with Gasteiger partial charge in [0.05, 0.1) is 6.04 Å². The third kappa shape index (κ3) is 5.90. The fourth-order valence-corrected chi connectivity index (χ4v) is 1.05. The first-order valence-corrected chi connectivity index (χ1v) is 4.82. The summed E-state index contributed by atoms with van der Waals surface area (Å²) in [4.78, 5) is 10.3. The molecule has 0 radical (unpaired) electrons. The van der Waals surface area contributed by atoms with Crippen LogP contribution in [0.5, 0.6) is 0 Å². The van der Waals surface area contributed by atoms with Crippen LogP contribution in [0.2, 0.25) is 0 Å². The maximum absolute atomic E-state index is 10.3. The summed E-state index contributed by atoms with van der Waals surface area (Å²) in [7, 11) is 0. The molecule has 84 valence electrons. The monoisotopic (exact) mass is 205 g/mol. The average Bonchev–Trinajstić information content (AvgIpc) is 2.14. The largest absolute Gasteiger partial charge is 0.481 e. The summed E-state index contributed by atoms with van der Waals surface area (Å²) in [6.07, 6.45) is -0.0954. The Balaban J connectivity index is 3.86. The zero-order chi connectivity index (χ0) is 11.0. The fraction of sp³-hybridized carbons (Fsp3) is 0.889. The number of carbonyl (C=O) groups is 1. The Kier molecular flexibility index (Phi) is 7.37. The van der Waals surface area contributed by atoms with Crippen LogP contribution in [0.25, 0.3) is 0 Å². The lowest BCUT2D eigenvalue weighted by atomic mass is 10.1. The molecule has 0 aliphatic rings. The Morgan fingerprint density at radius 3 is 2.21 bits per heavy atom. The second kappa shape index (κ2) is 7.73. The van der Waals surface area contributed by atoms with E-state index in [0.717, 1.165) is 0 Å². The highest BCUT2D eigenvalue weighted by Gasteiger charge is 2.18. The van der Waals surface area contributed by atoms with E-state index in [4.69, 9.17) is 20.3 Å². The van der Waals surface area contributed by atoms with Gasteiger partial charge in [0.25, 0.3) is 0 Å². The molecule has 5 nitrogen and oxygen atoms in total. The van der Waals surface area contributed by atoms with Crippen LogP contribution in [0, 0.1) is 0 Å². The topological polar surface area (TPSA) is 81.8 Å². The highest BCUT2D eigenvalue weighted by molar-refractivity contribution is 5.66. The molecule has 14 heavy (non-hydrogen) atoms. The molecule has 0 aliphatic carbocycles. The van der Waals surface area contributed by atoms with Crippen molar-refractivity contribution in [2.75, 3.05) is 13.2 Å². The van der Waals surface area contributed by atoms with Crippen LogP contribution >= 0.6 is 0 Å². The minimum absolute atomic E-state index is 0.0395. The predicted molar refractivity (Wildman–Crippen MR) is 51.9 cm³/mol. The van der Waals surface area contributed by atoms with Crippen molar-refractivity contribution in [3.8, 4) is 0 Å². The first kappa shape index (κ1) is 13.4. The van der Waals surface area contributed by atoms with Gasteiger partial charge in [-0.2, -0.15) is 0 Å². The number of hydrogen-bond donors (Lipinski definition) is 2. The number of nitrogens with two attached hydrogens (primary N) is 1. The van der Waals surface area contributed by atoms with Crippen molar-refractivity contribution in [2.24, 2.45) is 5.73 Å². The van der Waals surface area contributed by atoms with E-state index in [1.807, 2.05) is 13.8 Å². The quantitative estimate of drug-likeness (QED) is 0.566. The summed E-state index contributed by atoms with van der Waals surface area (Å²) in [5.74, 6) is -0.854. The van der Waals surface area contributed by atoms with Crippen molar-refractivity contribution in [3.05, 3.63) is 0 Å². The summed E-state index contributed by atoms with van der Waals surface area (Å²) in [6, 6.07) is -0.383. The van der Waals surface area contributed by atoms with E-state index in [-0.39, 0.29) is 12.5 Å². The molecule has 0 saturated heterocycles. The molecule has 0 amide bonds. The Morgan fingerprint density at radius 1 is 1.36 bits per heavy atom. The minimum atomic E-state index is -0.854. The van der Waals surface area contributed by atoms with Crippen LogP contribution in [-0.2, 0) is 14.3 Å². The molecular weight excluding hydrogens is 186 g/mol. The summed E-state index contributed by atoms with van der Waals surface area (Å²) in [5, 5.41) is 8.47. The molecule has 0 spiro atoms. The SMILES string of the molecule is CCOC(OCC)C(N)CCC(=O)O. The second-order valence-corrected chi connectivity index (χ2v) is 2.88. The van der Waals surface area contributed by atoms with Crippen molar-refractivity contribution >= 4 is 5.97 Å². The van der Waals surface area contributed by atoms with Gasteiger partial charge in [-0.1, -0.05) is 0 Å². The van der Waals surface area contributed by atoms with Gasteiger partial charge in [0.1, 0.15) is 0 Å². The van der Waals surface area contributed by atoms with Gasteiger partial charge in [-0.3, -0.25) is 4.79 Å². The zero-order valence-electron chi connectivity index (χ0n) is 8.73. The van der Waals surface area contributed by atoms with Gasteiger partial charge in [0, 0.05) is 19.6 Å². The molecule has 0 rings (SSSR count). The molecule has 0 aliphatic heterocycles. The van der Waals surface area contributed by atoms with E-state index in [1.165, 1.54) is 0 Å². The Hall–Kier alpha value is -0.650. The van der Waals surface area contributed by atoms with Gasteiger partial charge in [0.2, 0.25) is 0 Å². The van der Waals surface area contributed by atoms with Crippen LogP contribution in [0.3, 0.4) is 0 Å². The molecule has 1 unspecified atom stereocenters. The third-order valence-electron chi connectivity index (χ3n) is 1.70. The predicted octanol–water partition coefficient (Wildman–Crippen LogP) is 0.578. The van der Waals surface area contributed by atoms with Crippen LogP contribution in [0.15, 0.2) is 0 Å². The highest BCUT2D eigenvalue weighted by Crippen LogP contribution is 2.06. The second-order valence-electron chi connectivity index (χ2n) is 2.88. The number of aliphatic carboxylic acids is 1. The van der Waals surface area contributed by atoms with E-state index in [2.05, 4.69) is 0 Å². The molecule has 5 heteroatoms. The first-order chi connectivity index (χ1) is 6.61. The molecule has 0 aromatic heterocycles. The number of carboxylic acids is 1. The molecule has 0 saturated carbocycles. The van der Waals surface area contributed by atoms with Gasteiger partial charge < -0.3 is 20.3 Å². The van der Waals surface area contributed by atoms with E-state index >= 15 is 0 Å². The van der Waals surface area contributed by atoms with Gasteiger partial charge in [-0.15, -0.1) is 0 Å². The zero-order valence-corrected chi connectivity index (χ0v) is 8.73. The van der Waals surface area contributed by atoms with Crippen molar-refractivity contribution in [1.82, 2.24) is 0 Å². The summed E-state index contributed by atoms with van der Waals surface area (Å²) < 4.78 is 10.5. The lowest BCUT2D eigenvalue weighted by Crippen LogP contribution is -2.39. The maximum Gasteiger partial charge on any atom is 0.303 e. The third-order valence-corrected chi connectivity index (χ3v) is 1.70. The molecule has 3 N–H and O–H groups in total. The molecule has 0 aromatic carbocycles. The highest BCUT2D eigenvalue weighted by atomic mass is 16.7. The van der Waals surface area contributed by atoms with Gasteiger partial charge in [0.15, 0.2) is 6.29 Å². The fourth-order valence-electron chi connectivity index (χ4n) is 1.05. The van der Waals surface area contributed by atoms with Crippen molar-refractivity contribution in [3.63, 3.8) is 0 Å². The number of ether oxygens (including phenoxy) is 2. The Morgan fingerprint density at radius 2 is 1.86 bits per heavy atom. The van der Waals surface area contributed by atoms with Gasteiger partial charge in [-0.25, -0.2) is 0 Å². The van der Waals surface area contributed by atoms with E-state index < -0.39 is 12.3 Å². The van der Waals surface area contributed by atoms with Crippen LogP contribution < -0.4 is 5.73 Å². The van der Waals surface area contributed by atoms with Crippen molar-refractivity contribution < 1.29 is 19.4 Å². The number of rotatable bonds is 8. The summed E-state index contributed by atoms with van der Waals surface area (Å²) in [6.45, 7) is 4.70. The average molecular weight is 205 g/mol. The van der Waals surface area contributed by atoms with Crippen LogP contribution in [-0.4, -0.2) is 36.6 Å². The number of carboxylic acid groups (broad SMARTS) is 1. The first-order valence-electron chi connectivity index (χ1n) is 4.82. The van der Waals surface area contributed by atoms with E-state index in [0.29, 0.717) is 19.6 Å². The maximum atomic E-state index is 10.3. The minimum Gasteiger partial charge on any atom is -0.481 e. The van der Waals surface area contributed by atoms with Crippen LogP contribution in [0.1, 0.15) is 26.7 Å². The molecule has 0 bridgehead atoms. The van der Waals surface area contributed by atoms with Crippen LogP contribution in [0.4, 0.5) is 0 Å². The van der Waals surface area contributed by atoms with Gasteiger partial charge in [-0.05, 0) is 20.3 Å². The lowest BCUT2D eigenvalue weighted by Gasteiger charge is -2.22. The normalized spacial score (nSPS) is 13.1. The van der Waals surface area contributed by atoms with Crippen molar-refractivity contribution in [2.45, 2.75) is 39.0 Å². The smallest absolute Gasteiger partial charge is 0.303 e. The molecular formula is C9H19NO4. The standard InChI is InChI=1S/C9H19NO4/c1-3-13-9(14-4-2)7(10)5-6-8(11)12/h7,9H,3-6,10H2,1-2H3,(H,11,12). The van der Waals surface area contributed by atoms with Crippen molar-refractivity contribution in [1.29, 1.82) is 0 Å².